The summed E-state index contributed by atoms with van der Waals surface area (Å²) in [7, 11) is 4.24. The molecule has 3 heterocycles. The van der Waals surface area contributed by atoms with E-state index in [2.05, 4.69) is 51.9 Å². The zero-order chi connectivity index (χ0) is 11.3. The molecule has 0 saturated carbocycles. The number of aromatic nitrogens is 2. The highest BCUT2D eigenvalue weighted by molar-refractivity contribution is 14.1. The molecule has 1 aromatic rings. The first-order chi connectivity index (χ1) is 7.65. The fourth-order valence-electron chi connectivity index (χ4n) is 2.90. The summed E-state index contributed by atoms with van der Waals surface area (Å²) in [5, 5.41) is 4.58. The topological polar surface area (TPSA) is 21.1 Å². The molecule has 0 radical (unpaired) electrons. The van der Waals surface area contributed by atoms with Crippen LogP contribution in [0.25, 0.3) is 5.57 Å². The first kappa shape index (κ1) is 10.8. The highest BCUT2D eigenvalue weighted by Crippen LogP contribution is 2.37. The van der Waals surface area contributed by atoms with Crippen LogP contribution in [0.3, 0.4) is 0 Å². The van der Waals surface area contributed by atoms with Crippen LogP contribution in [0.1, 0.15) is 25.0 Å². The summed E-state index contributed by atoms with van der Waals surface area (Å²) in [5.74, 6) is 0. The molecule has 2 aliphatic rings. The molecule has 1 saturated heterocycles. The van der Waals surface area contributed by atoms with Crippen molar-refractivity contribution in [1.29, 1.82) is 0 Å². The van der Waals surface area contributed by atoms with Gasteiger partial charge in [-0.15, -0.1) is 0 Å². The van der Waals surface area contributed by atoms with Crippen molar-refractivity contribution < 1.29 is 0 Å². The van der Waals surface area contributed by atoms with E-state index >= 15 is 0 Å². The van der Waals surface area contributed by atoms with Crippen molar-refractivity contribution in [3.8, 4) is 0 Å². The Kier molecular flexibility index (Phi) is 2.58. The molecule has 86 valence electrons. The Bertz CT molecular complexity index is 449. The smallest absolute Gasteiger partial charge is 0.101 e. The molecule has 0 N–H and O–H groups in total. The second-order valence-electron chi connectivity index (χ2n) is 4.86. The predicted molar refractivity (Wildman–Crippen MR) is 73.1 cm³/mol. The quantitative estimate of drug-likeness (QED) is 0.737. The van der Waals surface area contributed by atoms with Gasteiger partial charge in [-0.1, -0.05) is 6.08 Å². The molecule has 1 aromatic heterocycles. The van der Waals surface area contributed by atoms with Gasteiger partial charge in [0.2, 0.25) is 0 Å². The summed E-state index contributed by atoms with van der Waals surface area (Å²) in [6.45, 7) is 0. The molecule has 16 heavy (non-hydrogen) atoms. The lowest BCUT2D eigenvalue weighted by molar-refractivity contribution is 0.264. The highest BCUT2D eigenvalue weighted by Gasteiger charge is 2.34. The van der Waals surface area contributed by atoms with Gasteiger partial charge in [0.1, 0.15) is 5.69 Å². The first-order valence-corrected chi connectivity index (χ1v) is 6.85. The average molecular weight is 329 g/mol. The fraction of sp³-hybridized carbons (Fsp3) is 0.583. The third-order valence-corrected chi connectivity index (χ3v) is 4.62. The van der Waals surface area contributed by atoms with Crippen LogP contribution < -0.4 is 0 Å². The maximum Gasteiger partial charge on any atom is 0.101 e. The molecular weight excluding hydrogens is 313 g/mol. The molecule has 2 atom stereocenters. The normalized spacial score (nSPS) is 29.6. The lowest BCUT2D eigenvalue weighted by Gasteiger charge is -2.29. The first-order valence-electron chi connectivity index (χ1n) is 5.77. The van der Waals surface area contributed by atoms with Crippen LogP contribution in [0.2, 0.25) is 0 Å². The van der Waals surface area contributed by atoms with E-state index in [0.29, 0.717) is 6.04 Å². The van der Waals surface area contributed by atoms with Crippen LogP contribution >= 0.6 is 22.6 Å². The van der Waals surface area contributed by atoms with Gasteiger partial charge >= 0.3 is 0 Å². The van der Waals surface area contributed by atoms with Gasteiger partial charge in [0.25, 0.3) is 0 Å². The minimum absolute atomic E-state index is 0.645. The van der Waals surface area contributed by atoms with Gasteiger partial charge < -0.3 is 0 Å². The molecule has 0 spiro atoms. The van der Waals surface area contributed by atoms with Crippen molar-refractivity contribution in [1.82, 2.24) is 14.7 Å². The summed E-state index contributed by atoms with van der Waals surface area (Å²) < 4.78 is 3.19. The zero-order valence-corrected chi connectivity index (χ0v) is 11.8. The zero-order valence-electron chi connectivity index (χ0n) is 9.65. The van der Waals surface area contributed by atoms with E-state index in [4.69, 9.17) is 0 Å². The molecule has 3 rings (SSSR count). The third kappa shape index (κ3) is 1.62. The van der Waals surface area contributed by atoms with Crippen LogP contribution in [-0.4, -0.2) is 33.8 Å². The number of nitrogens with zero attached hydrogens (tertiary/aromatic N) is 3. The fourth-order valence-corrected chi connectivity index (χ4v) is 3.75. The summed E-state index contributed by atoms with van der Waals surface area (Å²) in [4.78, 5) is 2.51. The molecule has 0 aliphatic carbocycles. The van der Waals surface area contributed by atoms with Crippen LogP contribution in [0.4, 0.5) is 0 Å². The number of rotatable bonds is 1. The minimum atomic E-state index is 0.645. The second kappa shape index (κ2) is 3.84. The Morgan fingerprint density at radius 1 is 1.38 bits per heavy atom. The van der Waals surface area contributed by atoms with Gasteiger partial charge in [0, 0.05) is 25.3 Å². The number of fused-ring (bicyclic) bond motifs is 2. The maximum absolute atomic E-state index is 4.58. The van der Waals surface area contributed by atoms with Gasteiger partial charge in [-0.05, 0) is 54.5 Å². The summed E-state index contributed by atoms with van der Waals surface area (Å²) >= 11 is 2.39. The number of aryl methyl sites for hydroxylation is 1. The minimum Gasteiger partial charge on any atom is -0.297 e. The Hall–Kier alpha value is -0.360. The summed E-state index contributed by atoms with van der Waals surface area (Å²) in [5.41, 5.74) is 2.66. The molecule has 2 aliphatic heterocycles. The van der Waals surface area contributed by atoms with E-state index in [9.17, 15) is 0 Å². The molecule has 2 bridgehead atoms. The molecule has 1 fully saturated rings. The Morgan fingerprint density at radius 3 is 2.81 bits per heavy atom. The van der Waals surface area contributed by atoms with Gasteiger partial charge in [-0.3, -0.25) is 9.58 Å². The molecule has 2 unspecified atom stereocenters. The van der Waals surface area contributed by atoms with Crippen molar-refractivity contribution in [2.75, 3.05) is 7.05 Å². The summed E-state index contributed by atoms with van der Waals surface area (Å²) in [6.07, 6.45) is 8.34. The van der Waals surface area contributed by atoms with Crippen molar-refractivity contribution in [3.63, 3.8) is 0 Å². The molecular formula is C12H16IN3. The van der Waals surface area contributed by atoms with Crippen molar-refractivity contribution >= 4 is 28.2 Å². The van der Waals surface area contributed by atoms with Crippen molar-refractivity contribution in [2.45, 2.75) is 31.3 Å². The number of likely N-dealkylation sites (N-methyl/N-ethyl adjacent to an activating group) is 1. The Labute approximate surface area is 110 Å². The Morgan fingerprint density at radius 2 is 2.19 bits per heavy atom. The van der Waals surface area contributed by atoms with E-state index in [1.807, 2.05) is 11.7 Å². The number of hydrogen-bond donors (Lipinski definition) is 0. The maximum atomic E-state index is 4.58. The SMILES string of the molecule is CN1C2C=C(c3nn(C)cc3I)CC1CC2. The predicted octanol–water partition coefficient (Wildman–Crippen LogP) is 2.27. The standard InChI is InChI=1S/C12H16IN3/c1-15-7-11(13)12(14-15)8-5-9-3-4-10(6-8)16(9)2/h5,7,9-10H,3-4,6H2,1-2H3. The van der Waals surface area contributed by atoms with Crippen molar-refractivity contribution in [2.24, 2.45) is 7.05 Å². The lowest BCUT2D eigenvalue weighted by atomic mass is 9.99. The third-order valence-electron chi connectivity index (χ3n) is 3.83. The van der Waals surface area contributed by atoms with E-state index in [1.165, 1.54) is 34.1 Å². The largest absolute Gasteiger partial charge is 0.297 e. The Balaban J connectivity index is 1.97. The van der Waals surface area contributed by atoms with E-state index in [-0.39, 0.29) is 0 Å². The second-order valence-corrected chi connectivity index (χ2v) is 6.02. The van der Waals surface area contributed by atoms with Crippen LogP contribution in [-0.2, 0) is 7.05 Å². The molecule has 4 heteroatoms. The lowest BCUT2D eigenvalue weighted by Crippen LogP contribution is -2.34. The molecule has 0 amide bonds. The van der Waals surface area contributed by atoms with Crippen LogP contribution in [0.15, 0.2) is 12.3 Å². The highest BCUT2D eigenvalue weighted by atomic mass is 127. The van der Waals surface area contributed by atoms with Crippen LogP contribution in [0.5, 0.6) is 0 Å². The van der Waals surface area contributed by atoms with E-state index in [0.717, 1.165) is 6.04 Å². The van der Waals surface area contributed by atoms with Crippen molar-refractivity contribution in [3.05, 3.63) is 21.5 Å². The monoisotopic (exact) mass is 329 g/mol. The molecule has 0 aromatic carbocycles. The van der Waals surface area contributed by atoms with Gasteiger partial charge in [-0.2, -0.15) is 5.10 Å². The molecule has 3 nitrogen and oxygen atoms in total. The number of hydrogen-bond acceptors (Lipinski definition) is 2. The van der Waals surface area contributed by atoms with Gasteiger partial charge in [0.05, 0.1) is 3.57 Å². The number of halogens is 1. The van der Waals surface area contributed by atoms with Crippen LogP contribution in [0, 0.1) is 3.57 Å². The van der Waals surface area contributed by atoms with E-state index in [1.54, 1.807) is 0 Å². The summed E-state index contributed by atoms with van der Waals surface area (Å²) in [6, 6.07) is 1.38. The van der Waals surface area contributed by atoms with Gasteiger partial charge in [-0.25, -0.2) is 0 Å². The van der Waals surface area contributed by atoms with E-state index < -0.39 is 0 Å². The average Bonchev–Trinajstić information content (AvgIpc) is 2.65. The van der Waals surface area contributed by atoms with Gasteiger partial charge in [0.15, 0.2) is 0 Å².